The standard InChI is InChI=1S/C17H26N4O/c1-12(2)11-15(19-16(22)9-6-10-18-3)17-20-13-7-4-5-8-14(13)21-17/h4-5,7-8,12,15,18H,6,9-11H2,1-3H3,(H,19,22)(H,20,21). The SMILES string of the molecule is CNCCCC(=O)NC(CC(C)C)c1nc2ccccc2[nH]1. The largest absolute Gasteiger partial charge is 0.346 e. The average molecular weight is 302 g/mol. The molecule has 5 nitrogen and oxygen atoms in total. The van der Waals surface area contributed by atoms with Gasteiger partial charge in [-0.1, -0.05) is 26.0 Å². The van der Waals surface area contributed by atoms with Crippen LogP contribution in [0.3, 0.4) is 0 Å². The molecule has 1 aromatic heterocycles. The topological polar surface area (TPSA) is 69.8 Å². The molecule has 0 aliphatic rings. The van der Waals surface area contributed by atoms with E-state index in [9.17, 15) is 4.79 Å². The van der Waals surface area contributed by atoms with Gasteiger partial charge < -0.3 is 15.6 Å². The summed E-state index contributed by atoms with van der Waals surface area (Å²) in [7, 11) is 1.90. The van der Waals surface area contributed by atoms with Crippen molar-refractivity contribution in [3.8, 4) is 0 Å². The number of nitrogens with one attached hydrogen (secondary N) is 3. The quantitative estimate of drug-likeness (QED) is 0.657. The number of imidazole rings is 1. The molecule has 0 fully saturated rings. The molecule has 1 unspecified atom stereocenters. The van der Waals surface area contributed by atoms with E-state index in [4.69, 9.17) is 0 Å². The van der Waals surface area contributed by atoms with Crippen molar-refractivity contribution >= 4 is 16.9 Å². The molecule has 22 heavy (non-hydrogen) atoms. The molecule has 0 aliphatic carbocycles. The first-order chi connectivity index (χ1) is 10.6. The highest BCUT2D eigenvalue weighted by molar-refractivity contribution is 5.77. The zero-order valence-electron chi connectivity index (χ0n) is 13.6. The molecule has 2 aromatic rings. The maximum atomic E-state index is 12.1. The first-order valence-corrected chi connectivity index (χ1v) is 7.98. The molecule has 0 saturated carbocycles. The molecule has 5 heteroatoms. The Balaban J connectivity index is 2.09. The van der Waals surface area contributed by atoms with Crippen molar-refractivity contribution in [3.05, 3.63) is 30.1 Å². The lowest BCUT2D eigenvalue weighted by atomic mass is 10.0. The van der Waals surface area contributed by atoms with E-state index in [1.165, 1.54) is 0 Å². The zero-order valence-corrected chi connectivity index (χ0v) is 13.6. The van der Waals surface area contributed by atoms with Crippen LogP contribution in [0.15, 0.2) is 24.3 Å². The van der Waals surface area contributed by atoms with Crippen LogP contribution in [0.5, 0.6) is 0 Å². The summed E-state index contributed by atoms with van der Waals surface area (Å²) in [6.45, 7) is 5.17. The third-order valence-corrected chi connectivity index (χ3v) is 3.61. The molecular formula is C17H26N4O. The van der Waals surface area contributed by atoms with Crippen molar-refractivity contribution < 1.29 is 4.79 Å². The Morgan fingerprint density at radius 1 is 1.32 bits per heavy atom. The van der Waals surface area contributed by atoms with E-state index in [2.05, 4.69) is 34.4 Å². The summed E-state index contributed by atoms with van der Waals surface area (Å²) < 4.78 is 0. The fourth-order valence-electron chi connectivity index (χ4n) is 2.54. The monoisotopic (exact) mass is 302 g/mol. The van der Waals surface area contributed by atoms with Crippen molar-refractivity contribution in [2.24, 2.45) is 5.92 Å². The summed E-state index contributed by atoms with van der Waals surface area (Å²) >= 11 is 0. The Bertz CT molecular complexity index is 572. The summed E-state index contributed by atoms with van der Waals surface area (Å²) in [6, 6.07) is 7.89. The van der Waals surface area contributed by atoms with Gasteiger partial charge >= 0.3 is 0 Å². The van der Waals surface area contributed by atoms with Gasteiger partial charge in [0.15, 0.2) is 0 Å². The van der Waals surface area contributed by atoms with Crippen LogP contribution < -0.4 is 10.6 Å². The fourth-order valence-corrected chi connectivity index (χ4v) is 2.54. The highest BCUT2D eigenvalue weighted by Crippen LogP contribution is 2.22. The van der Waals surface area contributed by atoms with E-state index in [0.29, 0.717) is 12.3 Å². The number of benzene rings is 1. The maximum absolute atomic E-state index is 12.1. The lowest BCUT2D eigenvalue weighted by Gasteiger charge is -2.18. The van der Waals surface area contributed by atoms with Gasteiger partial charge in [0.25, 0.3) is 0 Å². The van der Waals surface area contributed by atoms with Gasteiger partial charge in [0.1, 0.15) is 5.82 Å². The van der Waals surface area contributed by atoms with Gasteiger partial charge in [-0.2, -0.15) is 0 Å². The molecule has 0 aliphatic heterocycles. The van der Waals surface area contributed by atoms with Crippen molar-refractivity contribution in [1.82, 2.24) is 20.6 Å². The smallest absolute Gasteiger partial charge is 0.220 e. The number of hydrogen-bond donors (Lipinski definition) is 3. The van der Waals surface area contributed by atoms with Gasteiger partial charge in [-0.3, -0.25) is 4.79 Å². The lowest BCUT2D eigenvalue weighted by molar-refractivity contribution is -0.122. The van der Waals surface area contributed by atoms with Crippen LogP contribution in [0, 0.1) is 5.92 Å². The van der Waals surface area contributed by atoms with Crippen LogP contribution in [0.4, 0.5) is 0 Å². The van der Waals surface area contributed by atoms with Gasteiger partial charge in [0.05, 0.1) is 17.1 Å². The summed E-state index contributed by atoms with van der Waals surface area (Å²) in [5.41, 5.74) is 1.95. The number of para-hydroxylation sites is 2. The van der Waals surface area contributed by atoms with Gasteiger partial charge in [0, 0.05) is 6.42 Å². The van der Waals surface area contributed by atoms with Crippen molar-refractivity contribution in [3.63, 3.8) is 0 Å². The molecular weight excluding hydrogens is 276 g/mol. The van der Waals surface area contributed by atoms with Crippen LogP contribution in [-0.2, 0) is 4.79 Å². The molecule has 1 heterocycles. The van der Waals surface area contributed by atoms with Crippen LogP contribution in [0.25, 0.3) is 11.0 Å². The lowest BCUT2D eigenvalue weighted by Crippen LogP contribution is -2.30. The molecule has 0 radical (unpaired) electrons. The Kier molecular flexibility index (Phi) is 5.95. The molecule has 0 spiro atoms. The Morgan fingerprint density at radius 3 is 2.77 bits per heavy atom. The van der Waals surface area contributed by atoms with E-state index in [1.54, 1.807) is 0 Å². The molecule has 0 saturated heterocycles. The van der Waals surface area contributed by atoms with Crippen molar-refractivity contribution in [2.75, 3.05) is 13.6 Å². The number of amides is 1. The van der Waals surface area contributed by atoms with Gasteiger partial charge in [-0.25, -0.2) is 4.98 Å². The third kappa shape index (κ3) is 4.56. The molecule has 120 valence electrons. The molecule has 1 amide bonds. The van der Waals surface area contributed by atoms with E-state index < -0.39 is 0 Å². The average Bonchev–Trinajstić information content (AvgIpc) is 2.90. The molecule has 1 atom stereocenters. The number of carbonyl (C=O) groups is 1. The fraction of sp³-hybridized carbons (Fsp3) is 0.529. The molecule has 2 rings (SSSR count). The molecule has 1 aromatic carbocycles. The van der Waals surface area contributed by atoms with Crippen molar-refractivity contribution in [1.29, 1.82) is 0 Å². The van der Waals surface area contributed by atoms with E-state index in [-0.39, 0.29) is 11.9 Å². The van der Waals surface area contributed by atoms with E-state index in [0.717, 1.165) is 36.2 Å². The highest BCUT2D eigenvalue weighted by Gasteiger charge is 2.19. The Hall–Kier alpha value is -1.88. The Morgan fingerprint density at radius 2 is 2.09 bits per heavy atom. The minimum atomic E-state index is -0.0607. The van der Waals surface area contributed by atoms with Crippen LogP contribution in [0.1, 0.15) is 45.0 Å². The number of rotatable bonds is 8. The maximum Gasteiger partial charge on any atom is 0.220 e. The third-order valence-electron chi connectivity index (χ3n) is 3.61. The van der Waals surface area contributed by atoms with Crippen LogP contribution >= 0.6 is 0 Å². The minimum Gasteiger partial charge on any atom is -0.346 e. The number of H-pyrrole nitrogens is 1. The summed E-state index contributed by atoms with van der Waals surface area (Å²) in [4.78, 5) is 20.1. The van der Waals surface area contributed by atoms with Crippen LogP contribution in [0.2, 0.25) is 0 Å². The van der Waals surface area contributed by atoms with Gasteiger partial charge in [-0.15, -0.1) is 0 Å². The Labute approximate surface area is 131 Å². The number of hydrogen-bond acceptors (Lipinski definition) is 3. The van der Waals surface area contributed by atoms with Gasteiger partial charge in [-0.05, 0) is 44.5 Å². The number of carbonyl (C=O) groups excluding carboxylic acids is 1. The number of fused-ring (bicyclic) bond motifs is 1. The number of aromatic nitrogens is 2. The first-order valence-electron chi connectivity index (χ1n) is 7.98. The first kappa shape index (κ1) is 16.5. The van der Waals surface area contributed by atoms with E-state index >= 15 is 0 Å². The summed E-state index contributed by atoms with van der Waals surface area (Å²) in [6.07, 6.45) is 2.25. The summed E-state index contributed by atoms with van der Waals surface area (Å²) in [5, 5.41) is 6.18. The predicted octanol–water partition coefficient (Wildman–Crippen LogP) is 2.77. The predicted molar refractivity (Wildman–Crippen MR) is 89.6 cm³/mol. The molecule has 3 N–H and O–H groups in total. The van der Waals surface area contributed by atoms with E-state index in [1.807, 2.05) is 31.3 Å². The molecule has 0 bridgehead atoms. The number of nitrogens with zero attached hydrogens (tertiary/aromatic N) is 1. The second-order valence-electron chi connectivity index (χ2n) is 6.10. The second kappa shape index (κ2) is 7.94. The highest BCUT2D eigenvalue weighted by atomic mass is 16.1. The summed E-state index contributed by atoms with van der Waals surface area (Å²) in [5.74, 6) is 1.41. The number of aromatic amines is 1. The van der Waals surface area contributed by atoms with Crippen LogP contribution in [-0.4, -0.2) is 29.5 Å². The van der Waals surface area contributed by atoms with Gasteiger partial charge in [0.2, 0.25) is 5.91 Å². The zero-order chi connectivity index (χ0) is 15.9. The minimum absolute atomic E-state index is 0.0607. The van der Waals surface area contributed by atoms with Crippen molar-refractivity contribution in [2.45, 2.75) is 39.2 Å². The second-order valence-corrected chi connectivity index (χ2v) is 6.10. The normalized spacial score (nSPS) is 12.7.